The Kier molecular flexibility index (Phi) is 5.57. The largest absolute Gasteiger partial charge is 0.416 e. The molecule has 1 heterocycles. The molecule has 5 nitrogen and oxygen atoms in total. The van der Waals surface area contributed by atoms with Crippen molar-refractivity contribution in [3.05, 3.63) is 71.4 Å². The molecule has 0 fully saturated rings. The summed E-state index contributed by atoms with van der Waals surface area (Å²) < 4.78 is 44.9. The lowest BCUT2D eigenvalue weighted by atomic mass is 10.2. The zero-order valence-corrected chi connectivity index (χ0v) is 14.0. The van der Waals surface area contributed by atoms with Crippen LogP contribution in [-0.2, 0) is 11.2 Å². The third-order valence-corrected chi connectivity index (χ3v) is 4.10. The van der Waals surface area contributed by atoms with E-state index in [-0.39, 0.29) is 11.0 Å². The van der Waals surface area contributed by atoms with Crippen molar-refractivity contribution in [1.29, 1.82) is 0 Å². The van der Waals surface area contributed by atoms with Crippen LogP contribution in [0.1, 0.15) is 11.5 Å². The van der Waals surface area contributed by atoms with Crippen LogP contribution in [0.3, 0.4) is 0 Å². The van der Waals surface area contributed by atoms with Gasteiger partial charge in [-0.15, -0.1) is 10.2 Å². The molecule has 0 atom stereocenters. The maximum absolute atomic E-state index is 13.5. The number of carbonyl (C=O) groups is 1. The zero-order chi connectivity index (χ0) is 18.5. The number of nitrogens with zero attached hydrogens (tertiary/aromatic N) is 2. The number of aromatic nitrogens is 2. The van der Waals surface area contributed by atoms with Crippen LogP contribution in [0.4, 0.5) is 18.9 Å². The predicted molar refractivity (Wildman–Crippen MR) is 89.2 cm³/mol. The second kappa shape index (κ2) is 8.05. The molecule has 26 heavy (non-hydrogen) atoms. The fourth-order valence-corrected chi connectivity index (χ4v) is 2.65. The molecular weight excluding hydrogens is 367 g/mol. The van der Waals surface area contributed by atoms with Gasteiger partial charge >= 0.3 is 0 Å². The highest BCUT2D eigenvalue weighted by molar-refractivity contribution is 7.99. The van der Waals surface area contributed by atoms with Crippen LogP contribution in [-0.4, -0.2) is 21.9 Å². The van der Waals surface area contributed by atoms with Gasteiger partial charge < -0.3 is 9.73 Å². The molecule has 134 valence electrons. The van der Waals surface area contributed by atoms with E-state index in [0.29, 0.717) is 12.3 Å². The van der Waals surface area contributed by atoms with Gasteiger partial charge in [0.2, 0.25) is 11.8 Å². The Balaban J connectivity index is 1.54. The van der Waals surface area contributed by atoms with Gasteiger partial charge in [0.05, 0.1) is 17.9 Å². The molecule has 9 heteroatoms. The van der Waals surface area contributed by atoms with Crippen LogP contribution in [0.25, 0.3) is 0 Å². The Bertz CT molecular complexity index is 919. The van der Waals surface area contributed by atoms with Crippen LogP contribution in [0.2, 0.25) is 0 Å². The van der Waals surface area contributed by atoms with Crippen molar-refractivity contribution in [3.63, 3.8) is 0 Å². The number of nitrogens with one attached hydrogen (secondary N) is 1. The van der Waals surface area contributed by atoms with Gasteiger partial charge in [0.25, 0.3) is 5.22 Å². The van der Waals surface area contributed by atoms with E-state index in [0.717, 1.165) is 29.5 Å². The van der Waals surface area contributed by atoms with Gasteiger partial charge in [-0.25, -0.2) is 13.2 Å². The van der Waals surface area contributed by atoms with Gasteiger partial charge in [-0.3, -0.25) is 4.79 Å². The highest BCUT2D eigenvalue weighted by Gasteiger charge is 2.16. The Morgan fingerprint density at radius 1 is 1.04 bits per heavy atom. The highest BCUT2D eigenvalue weighted by Crippen LogP contribution is 2.21. The first-order valence-electron chi connectivity index (χ1n) is 7.45. The number of anilines is 1. The lowest BCUT2D eigenvalue weighted by molar-refractivity contribution is -0.113. The lowest BCUT2D eigenvalue weighted by Gasteiger charge is -2.06. The van der Waals surface area contributed by atoms with E-state index in [1.54, 1.807) is 0 Å². The number of thioether (sulfide) groups is 1. The first-order chi connectivity index (χ1) is 12.5. The van der Waals surface area contributed by atoms with Crippen molar-refractivity contribution in [1.82, 2.24) is 10.2 Å². The van der Waals surface area contributed by atoms with Gasteiger partial charge in [0.15, 0.2) is 17.5 Å². The second-order valence-electron chi connectivity index (χ2n) is 5.18. The summed E-state index contributed by atoms with van der Waals surface area (Å²) in [5.41, 5.74) is 0.559. The molecule has 0 bridgehead atoms. The molecule has 0 radical (unpaired) electrons. The summed E-state index contributed by atoms with van der Waals surface area (Å²) in [6, 6.07) is 11.2. The number of halogens is 3. The van der Waals surface area contributed by atoms with Crippen LogP contribution >= 0.6 is 11.8 Å². The maximum atomic E-state index is 13.5. The fourth-order valence-electron chi connectivity index (χ4n) is 2.07. The van der Waals surface area contributed by atoms with Gasteiger partial charge in [-0.1, -0.05) is 42.1 Å². The summed E-state index contributed by atoms with van der Waals surface area (Å²) in [5.74, 6) is -4.81. The van der Waals surface area contributed by atoms with E-state index in [1.807, 2.05) is 30.3 Å². The molecule has 0 saturated heterocycles. The van der Waals surface area contributed by atoms with Crippen LogP contribution < -0.4 is 5.32 Å². The Morgan fingerprint density at radius 2 is 1.81 bits per heavy atom. The average Bonchev–Trinajstić information content (AvgIpc) is 3.09. The minimum Gasteiger partial charge on any atom is -0.416 e. The molecule has 2 aromatic carbocycles. The predicted octanol–water partition coefficient (Wildman–Crippen LogP) is 3.81. The zero-order valence-electron chi connectivity index (χ0n) is 13.2. The first-order valence-corrected chi connectivity index (χ1v) is 8.44. The van der Waals surface area contributed by atoms with Crippen LogP contribution in [0.5, 0.6) is 0 Å². The van der Waals surface area contributed by atoms with Crippen molar-refractivity contribution in [2.45, 2.75) is 11.6 Å². The molecule has 1 amide bonds. The normalized spacial score (nSPS) is 10.7. The van der Waals surface area contributed by atoms with Crippen molar-refractivity contribution >= 4 is 23.4 Å². The maximum Gasteiger partial charge on any atom is 0.277 e. The summed E-state index contributed by atoms with van der Waals surface area (Å²) in [6.07, 6.45) is 0.459. The number of carbonyl (C=O) groups excluding carboxylic acids is 1. The first kappa shape index (κ1) is 18.0. The summed E-state index contributed by atoms with van der Waals surface area (Å²) in [5, 5.41) is 10.0. The summed E-state index contributed by atoms with van der Waals surface area (Å²) >= 11 is 0.950. The fraction of sp³-hybridized carbons (Fsp3) is 0.118. The van der Waals surface area contributed by atoms with Gasteiger partial charge in [0.1, 0.15) is 0 Å². The van der Waals surface area contributed by atoms with Crippen molar-refractivity contribution < 1.29 is 22.4 Å². The van der Waals surface area contributed by atoms with Gasteiger partial charge in [0, 0.05) is 0 Å². The molecule has 0 aliphatic heterocycles. The van der Waals surface area contributed by atoms with Crippen molar-refractivity contribution in [2.24, 2.45) is 0 Å². The average molecular weight is 379 g/mol. The molecule has 3 rings (SSSR count). The third-order valence-electron chi connectivity index (χ3n) is 3.28. The molecule has 1 aromatic heterocycles. The van der Waals surface area contributed by atoms with Crippen molar-refractivity contribution in [3.8, 4) is 0 Å². The third kappa shape index (κ3) is 4.42. The lowest BCUT2D eigenvalue weighted by Crippen LogP contribution is -2.15. The van der Waals surface area contributed by atoms with Crippen LogP contribution in [0, 0.1) is 17.5 Å². The molecule has 0 spiro atoms. The Hall–Kier alpha value is -2.81. The van der Waals surface area contributed by atoms with Crippen LogP contribution in [0.15, 0.2) is 52.1 Å². The van der Waals surface area contributed by atoms with Gasteiger partial charge in [-0.2, -0.15) is 0 Å². The van der Waals surface area contributed by atoms with E-state index in [9.17, 15) is 18.0 Å². The summed E-state index contributed by atoms with van der Waals surface area (Å²) in [7, 11) is 0. The molecule has 1 N–H and O–H groups in total. The van der Waals surface area contributed by atoms with E-state index in [4.69, 9.17) is 4.42 Å². The van der Waals surface area contributed by atoms with E-state index in [2.05, 4.69) is 15.5 Å². The Morgan fingerprint density at radius 3 is 2.58 bits per heavy atom. The summed E-state index contributed by atoms with van der Waals surface area (Å²) in [6.45, 7) is 0. The number of amides is 1. The quantitative estimate of drug-likeness (QED) is 0.521. The number of benzene rings is 2. The molecule has 0 aliphatic rings. The number of hydrogen-bond acceptors (Lipinski definition) is 5. The monoisotopic (exact) mass is 379 g/mol. The molecule has 0 unspecified atom stereocenters. The summed E-state index contributed by atoms with van der Waals surface area (Å²) in [4.78, 5) is 11.8. The van der Waals surface area contributed by atoms with Crippen molar-refractivity contribution in [2.75, 3.05) is 11.1 Å². The molecule has 0 saturated carbocycles. The SMILES string of the molecule is O=C(CSc1nnc(Cc2ccccc2)o1)Nc1ccc(F)c(F)c1F. The number of hydrogen-bond donors (Lipinski definition) is 1. The second-order valence-corrected chi connectivity index (χ2v) is 6.11. The van der Waals surface area contributed by atoms with E-state index in [1.165, 1.54) is 0 Å². The van der Waals surface area contributed by atoms with E-state index < -0.39 is 29.0 Å². The standard InChI is InChI=1S/C17H12F3N3O2S/c18-11-6-7-12(16(20)15(11)19)21-13(24)9-26-17-23-22-14(25-17)8-10-4-2-1-3-5-10/h1-7H,8-9H2,(H,21,24). The minimum absolute atomic E-state index is 0.161. The molecule has 0 aliphatic carbocycles. The number of rotatable bonds is 6. The van der Waals surface area contributed by atoms with E-state index >= 15 is 0 Å². The molecular formula is C17H12F3N3O2S. The highest BCUT2D eigenvalue weighted by atomic mass is 32.2. The Labute approximate surface area is 150 Å². The minimum atomic E-state index is -1.64. The smallest absolute Gasteiger partial charge is 0.277 e. The van der Waals surface area contributed by atoms with Gasteiger partial charge in [-0.05, 0) is 17.7 Å². The molecule has 3 aromatic rings. The topological polar surface area (TPSA) is 68.0 Å².